The van der Waals surface area contributed by atoms with Gasteiger partial charge in [0.2, 0.25) is 5.95 Å². The molecule has 0 aliphatic carbocycles. The summed E-state index contributed by atoms with van der Waals surface area (Å²) in [6.45, 7) is 1.78. The monoisotopic (exact) mass is 163 g/mol. The Hall–Kier alpha value is -1.58. The average Bonchev–Trinajstić information content (AvgIpc) is 2.05. The summed E-state index contributed by atoms with van der Waals surface area (Å²) in [6, 6.07) is 1.31. The third-order valence-corrected chi connectivity index (χ3v) is 1.55. The normalized spacial score (nSPS) is 10.5. The molecule has 3 nitrogen and oxygen atoms in total. The molecule has 0 aliphatic rings. The Morgan fingerprint density at radius 3 is 2.92 bits per heavy atom. The third kappa shape index (κ3) is 1.11. The second-order valence-electron chi connectivity index (χ2n) is 2.48. The first-order valence-electron chi connectivity index (χ1n) is 3.50. The number of halogens is 1. The fourth-order valence-electron chi connectivity index (χ4n) is 1.000. The molecule has 0 aromatic carbocycles. The maximum atomic E-state index is 12.6. The lowest BCUT2D eigenvalue weighted by molar-refractivity contribution is 0.586. The van der Waals surface area contributed by atoms with Crippen LogP contribution in [0, 0.1) is 12.9 Å². The van der Waals surface area contributed by atoms with Crippen LogP contribution in [0.2, 0.25) is 0 Å². The van der Waals surface area contributed by atoms with Crippen LogP contribution in [0.3, 0.4) is 0 Å². The molecule has 0 saturated carbocycles. The summed E-state index contributed by atoms with van der Waals surface area (Å²) in [4.78, 5) is 11.5. The molecule has 0 aliphatic heterocycles. The highest BCUT2D eigenvalue weighted by molar-refractivity contribution is 5.76. The molecular weight excluding hydrogens is 157 g/mol. The molecule has 60 valence electrons. The zero-order valence-corrected chi connectivity index (χ0v) is 6.45. The Labute approximate surface area is 68.3 Å². The predicted octanol–water partition coefficient (Wildman–Crippen LogP) is 1.47. The SMILES string of the molecule is Cc1ncc2cc(F)ncc2n1. The van der Waals surface area contributed by atoms with Gasteiger partial charge in [-0.3, -0.25) is 0 Å². The first-order valence-corrected chi connectivity index (χ1v) is 3.50. The van der Waals surface area contributed by atoms with E-state index < -0.39 is 5.95 Å². The van der Waals surface area contributed by atoms with Gasteiger partial charge in [-0.2, -0.15) is 4.39 Å². The first kappa shape index (κ1) is 7.09. The van der Waals surface area contributed by atoms with Crippen LogP contribution in [-0.2, 0) is 0 Å². The van der Waals surface area contributed by atoms with E-state index in [4.69, 9.17) is 0 Å². The average molecular weight is 163 g/mol. The summed E-state index contributed by atoms with van der Waals surface area (Å²) >= 11 is 0. The van der Waals surface area contributed by atoms with E-state index in [0.29, 0.717) is 16.7 Å². The van der Waals surface area contributed by atoms with Crippen molar-refractivity contribution in [3.8, 4) is 0 Å². The summed E-state index contributed by atoms with van der Waals surface area (Å²) in [6.07, 6.45) is 2.99. The fraction of sp³-hybridized carbons (Fsp3) is 0.125. The van der Waals surface area contributed by atoms with E-state index in [2.05, 4.69) is 15.0 Å². The standard InChI is InChI=1S/C8H6FN3/c1-5-10-3-6-2-8(9)11-4-7(6)12-5/h2-4H,1H3. The molecule has 0 N–H and O–H groups in total. The van der Waals surface area contributed by atoms with Gasteiger partial charge in [0.25, 0.3) is 0 Å². The largest absolute Gasteiger partial charge is 0.241 e. The molecule has 12 heavy (non-hydrogen) atoms. The summed E-state index contributed by atoms with van der Waals surface area (Å²) in [5, 5.41) is 0.674. The number of pyridine rings is 1. The van der Waals surface area contributed by atoms with E-state index in [0.717, 1.165) is 0 Å². The summed E-state index contributed by atoms with van der Waals surface area (Å²) in [5.41, 5.74) is 0.670. The zero-order valence-electron chi connectivity index (χ0n) is 6.45. The quantitative estimate of drug-likeness (QED) is 0.552. The predicted molar refractivity (Wildman–Crippen MR) is 42.0 cm³/mol. The first-order chi connectivity index (χ1) is 5.75. The second-order valence-corrected chi connectivity index (χ2v) is 2.48. The van der Waals surface area contributed by atoms with Gasteiger partial charge in [0.05, 0.1) is 11.7 Å². The van der Waals surface area contributed by atoms with Crippen molar-refractivity contribution >= 4 is 10.9 Å². The number of aromatic nitrogens is 3. The highest BCUT2D eigenvalue weighted by Gasteiger charge is 1.98. The number of hydrogen-bond donors (Lipinski definition) is 0. The van der Waals surface area contributed by atoms with Gasteiger partial charge in [-0.15, -0.1) is 0 Å². The van der Waals surface area contributed by atoms with E-state index in [-0.39, 0.29) is 0 Å². The highest BCUT2D eigenvalue weighted by atomic mass is 19.1. The Bertz CT molecular complexity index is 386. The number of fused-ring (bicyclic) bond motifs is 1. The minimum absolute atomic E-state index is 0.505. The van der Waals surface area contributed by atoms with Gasteiger partial charge in [-0.25, -0.2) is 15.0 Å². The molecule has 2 aromatic heterocycles. The number of aryl methyl sites for hydroxylation is 1. The van der Waals surface area contributed by atoms with Crippen molar-refractivity contribution < 1.29 is 4.39 Å². The highest BCUT2D eigenvalue weighted by Crippen LogP contribution is 2.09. The Balaban J connectivity index is 2.79. The minimum atomic E-state index is -0.505. The lowest BCUT2D eigenvalue weighted by Gasteiger charge is -1.96. The molecule has 2 aromatic rings. The van der Waals surface area contributed by atoms with Gasteiger partial charge in [0.1, 0.15) is 5.82 Å². The molecule has 0 amide bonds. The van der Waals surface area contributed by atoms with Crippen LogP contribution < -0.4 is 0 Å². The smallest absolute Gasteiger partial charge is 0.213 e. The third-order valence-electron chi connectivity index (χ3n) is 1.55. The van der Waals surface area contributed by atoms with Crippen molar-refractivity contribution in [3.05, 3.63) is 30.2 Å². The maximum Gasteiger partial charge on any atom is 0.213 e. The molecule has 0 saturated heterocycles. The van der Waals surface area contributed by atoms with Crippen molar-refractivity contribution in [1.82, 2.24) is 15.0 Å². The van der Waals surface area contributed by atoms with Crippen LogP contribution in [0.1, 0.15) is 5.82 Å². The van der Waals surface area contributed by atoms with Gasteiger partial charge in [-0.1, -0.05) is 0 Å². The molecule has 0 bridgehead atoms. The molecule has 4 heteroatoms. The second kappa shape index (κ2) is 2.48. The summed E-state index contributed by atoms with van der Waals surface area (Å²) < 4.78 is 12.6. The number of hydrogen-bond acceptors (Lipinski definition) is 3. The molecular formula is C8H6FN3. The van der Waals surface area contributed by atoms with E-state index in [1.807, 2.05) is 0 Å². The van der Waals surface area contributed by atoms with Crippen molar-refractivity contribution in [3.63, 3.8) is 0 Å². The molecule has 2 rings (SSSR count). The minimum Gasteiger partial charge on any atom is -0.241 e. The van der Waals surface area contributed by atoms with Gasteiger partial charge in [-0.05, 0) is 6.92 Å². The van der Waals surface area contributed by atoms with Crippen LogP contribution in [0.15, 0.2) is 18.5 Å². The lowest BCUT2D eigenvalue weighted by Crippen LogP contribution is -1.90. The molecule has 0 atom stereocenters. The van der Waals surface area contributed by atoms with E-state index in [1.54, 1.807) is 13.1 Å². The van der Waals surface area contributed by atoms with E-state index in [9.17, 15) is 4.39 Å². The summed E-state index contributed by atoms with van der Waals surface area (Å²) in [5.74, 6) is 0.158. The van der Waals surface area contributed by atoms with Crippen LogP contribution in [-0.4, -0.2) is 15.0 Å². The van der Waals surface area contributed by atoms with Gasteiger partial charge in [0, 0.05) is 17.6 Å². The molecule has 0 unspecified atom stereocenters. The Morgan fingerprint density at radius 1 is 1.25 bits per heavy atom. The van der Waals surface area contributed by atoms with Crippen molar-refractivity contribution in [2.75, 3.05) is 0 Å². The van der Waals surface area contributed by atoms with Crippen LogP contribution in [0.4, 0.5) is 4.39 Å². The molecule has 0 radical (unpaired) electrons. The van der Waals surface area contributed by atoms with Crippen LogP contribution >= 0.6 is 0 Å². The van der Waals surface area contributed by atoms with Gasteiger partial charge < -0.3 is 0 Å². The molecule has 0 fully saturated rings. The zero-order chi connectivity index (χ0) is 8.55. The Kier molecular flexibility index (Phi) is 1.46. The fourth-order valence-corrected chi connectivity index (χ4v) is 1.000. The van der Waals surface area contributed by atoms with Gasteiger partial charge >= 0.3 is 0 Å². The van der Waals surface area contributed by atoms with E-state index in [1.165, 1.54) is 12.3 Å². The van der Waals surface area contributed by atoms with Gasteiger partial charge in [0.15, 0.2) is 0 Å². The molecule has 0 spiro atoms. The van der Waals surface area contributed by atoms with Crippen molar-refractivity contribution in [1.29, 1.82) is 0 Å². The van der Waals surface area contributed by atoms with Crippen molar-refractivity contribution in [2.24, 2.45) is 0 Å². The number of rotatable bonds is 0. The van der Waals surface area contributed by atoms with Crippen molar-refractivity contribution in [2.45, 2.75) is 6.92 Å². The topological polar surface area (TPSA) is 38.7 Å². The van der Waals surface area contributed by atoms with Crippen LogP contribution in [0.25, 0.3) is 10.9 Å². The Morgan fingerprint density at radius 2 is 2.08 bits per heavy atom. The summed E-state index contributed by atoms with van der Waals surface area (Å²) in [7, 11) is 0. The van der Waals surface area contributed by atoms with Crippen LogP contribution in [0.5, 0.6) is 0 Å². The lowest BCUT2D eigenvalue weighted by atomic mass is 10.3. The number of nitrogens with zero attached hydrogens (tertiary/aromatic N) is 3. The molecule has 2 heterocycles. The maximum absolute atomic E-state index is 12.6. The van der Waals surface area contributed by atoms with E-state index >= 15 is 0 Å².